The molecule has 0 aliphatic carbocycles. The maximum absolute atomic E-state index is 12.0. The summed E-state index contributed by atoms with van der Waals surface area (Å²) < 4.78 is 16.6. The van der Waals surface area contributed by atoms with Gasteiger partial charge in [-0.25, -0.2) is 4.39 Å². The molecule has 0 saturated carbocycles. The van der Waals surface area contributed by atoms with Crippen LogP contribution in [0.1, 0.15) is 18.9 Å². The Morgan fingerprint density at radius 3 is 2.40 bits per heavy atom. The Bertz CT molecular complexity index is 461. The van der Waals surface area contributed by atoms with Crippen LogP contribution in [0.4, 0.5) is 4.39 Å². The number of hydrogen-bond donors (Lipinski definition) is 2. The second-order valence-corrected chi connectivity index (χ2v) is 4.59. The molecule has 1 rings (SSSR count). The third-order valence-corrected chi connectivity index (χ3v) is 3.04. The standard InChI is InChI=1S/C14H18FNO4/c1-9(17)13(16)7-11(14(18)19)6-10-2-4-12(5-3-10)20-8-15/h2-5,11,13H,6-8,16H2,1H3,(H,18,19)/t11-,13-/m0/s1. The average molecular weight is 283 g/mol. The van der Waals surface area contributed by atoms with Gasteiger partial charge >= 0.3 is 5.97 Å². The van der Waals surface area contributed by atoms with E-state index < -0.39 is 24.8 Å². The maximum Gasteiger partial charge on any atom is 0.306 e. The third kappa shape index (κ3) is 4.97. The second kappa shape index (κ2) is 7.59. The molecule has 1 aromatic carbocycles. The smallest absolute Gasteiger partial charge is 0.306 e. The Balaban J connectivity index is 2.70. The predicted molar refractivity (Wildman–Crippen MR) is 71.1 cm³/mol. The van der Waals surface area contributed by atoms with Crippen LogP contribution >= 0.6 is 0 Å². The summed E-state index contributed by atoms with van der Waals surface area (Å²) in [6, 6.07) is 5.70. The Kier molecular flexibility index (Phi) is 6.11. The summed E-state index contributed by atoms with van der Waals surface area (Å²) in [6.45, 7) is 0.428. The quantitative estimate of drug-likeness (QED) is 0.755. The van der Waals surface area contributed by atoms with E-state index in [0.29, 0.717) is 5.75 Å². The van der Waals surface area contributed by atoms with Gasteiger partial charge in [0.25, 0.3) is 0 Å². The summed E-state index contributed by atoms with van der Waals surface area (Å²) in [6.07, 6.45) is 0.347. The van der Waals surface area contributed by atoms with Crippen LogP contribution in [0, 0.1) is 5.92 Å². The molecule has 0 aromatic heterocycles. The number of halogens is 1. The van der Waals surface area contributed by atoms with Gasteiger partial charge in [0, 0.05) is 0 Å². The Hall–Kier alpha value is -1.95. The summed E-state index contributed by atoms with van der Waals surface area (Å²) >= 11 is 0. The van der Waals surface area contributed by atoms with Crippen molar-refractivity contribution >= 4 is 11.8 Å². The Morgan fingerprint density at radius 1 is 1.35 bits per heavy atom. The number of Topliss-reactive ketones (excluding diaryl/α,β-unsaturated/α-hetero) is 1. The van der Waals surface area contributed by atoms with E-state index >= 15 is 0 Å². The van der Waals surface area contributed by atoms with Gasteiger partial charge in [-0.1, -0.05) is 12.1 Å². The van der Waals surface area contributed by atoms with Crippen molar-refractivity contribution in [1.29, 1.82) is 0 Å². The first-order chi connectivity index (χ1) is 9.43. The van der Waals surface area contributed by atoms with E-state index in [-0.39, 0.29) is 18.6 Å². The fourth-order valence-corrected chi connectivity index (χ4v) is 1.81. The highest BCUT2D eigenvalue weighted by molar-refractivity contribution is 5.82. The molecule has 1 aromatic rings. The van der Waals surface area contributed by atoms with Gasteiger partial charge in [-0.15, -0.1) is 0 Å². The van der Waals surface area contributed by atoms with Crippen molar-refractivity contribution in [1.82, 2.24) is 0 Å². The highest BCUT2D eigenvalue weighted by atomic mass is 19.1. The van der Waals surface area contributed by atoms with E-state index in [0.717, 1.165) is 5.56 Å². The summed E-state index contributed by atoms with van der Waals surface area (Å²) in [4.78, 5) is 22.3. The van der Waals surface area contributed by atoms with Crippen LogP contribution in [0.2, 0.25) is 0 Å². The first kappa shape index (κ1) is 16.1. The van der Waals surface area contributed by atoms with E-state index in [4.69, 9.17) is 10.8 Å². The predicted octanol–water partition coefficient (Wildman–Crippen LogP) is 1.54. The second-order valence-electron chi connectivity index (χ2n) is 4.59. The number of carbonyl (C=O) groups is 2. The van der Waals surface area contributed by atoms with Gasteiger partial charge in [0.1, 0.15) is 11.5 Å². The minimum absolute atomic E-state index is 0.0907. The van der Waals surface area contributed by atoms with Crippen molar-refractivity contribution in [3.8, 4) is 5.75 Å². The van der Waals surface area contributed by atoms with Crippen LogP contribution in [-0.2, 0) is 16.0 Å². The van der Waals surface area contributed by atoms with E-state index in [1.807, 2.05) is 0 Å². The molecule has 6 heteroatoms. The van der Waals surface area contributed by atoms with Crippen LogP contribution in [0.25, 0.3) is 0 Å². The van der Waals surface area contributed by atoms with Gasteiger partial charge in [0.2, 0.25) is 6.86 Å². The van der Waals surface area contributed by atoms with Gasteiger partial charge in [-0.05, 0) is 37.5 Å². The average Bonchev–Trinajstić information content (AvgIpc) is 2.40. The number of ether oxygens (including phenoxy) is 1. The molecular weight excluding hydrogens is 265 g/mol. The van der Waals surface area contributed by atoms with Crippen molar-refractivity contribution in [2.24, 2.45) is 11.7 Å². The minimum Gasteiger partial charge on any atom is -0.481 e. The van der Waals surface area contributed by atoms with Crippen molar-refractivity contribution in [3.63, 3.8) is 0 Å². The van der Waals surface area contributed by atoms with Crippen LogP contribution in [-0.4, -0.2) is 29.8 Å². The minimum atomic E-state index is -0.995. The molecule has 0 spiro atoms. The number of aliphatic carboxylic acids is 1. The molecule has 0 saturated heterocycles. The van der Waals surface area contributed by atoms with E-state index in [2.05, 4.69) is 4.74 Å². The molecule has 20 heavy (non-hydrogen) atoms. The highest BCUT2D eigenvalue weighted by Crippen LogP contribution is 2.18. The lowest BCUT2D eigenvalue weighted by molar-refractivity contribution is -0.142. The highest BCUT2D eigenvalue weighted by Gasteiger charge is 2.23. The van der Waals surface area contributed by atoms with Crippen molar-refractivity contribution in [2.75, 3.05) is 6.86 Å². The van der Waals surface area contributed by atoms with Gasteiger partial charge in [-0.2, -0.15) is 0 Å². The molecule has 0 radical (unpaired) electrons. The monoisotopic (exact) mass is 283 g/mol. The summed E-state index contributed by atoms with van der Waals surface area (Å²) in [7, 11) is 0. The van der Waals surface area contributed by atoms with Crippen LogP contribution in [0.3, 0.4) is 0 Å². The maximum atomic E-state index is 12.0. The summed E-state index contributed by atoms with van der Waals surface area (Å²) in [5.41, 5.74) is 6.36. The van der Waals surface area contributed by atoms with E-state index in [1.165, 1.54) is 6.92 Å². The largest absolute Gasteiger partial charge is 0.481 e. The number of ketones is 1. The van der Waals surface area contributed by atoms with Crippen molar-refractivity contribution in [3.05, 3.63) is 29.8 Å². The first-order valence-corrected chi connectivity index (χ1v) is 6.20. The van der Waals surface area contributed by atoms with E-state index in [9.17, 15) is 14.0 Å². The molecule has 0 aliphatic rings. The molecule has 3 N–H and O–H groups in total. The first-order valence-electron chi connectivity index (χ1n) is 6.20. The number of benzene rings is 1. The number of alkyl halides is 1. The zero-order chi connectivity index (χ0) is 15.1. The molecular formula is C14H18FNO4. The number of carboxylic acid groups (broad SMARTS) is 1. The van der Waals surface area contributed by atoms with Gasteiger partial charge in [-0.3, -0.25) is 9.59 Å². The lowest BCUT2D eigenvalue weighted by atomic mass is 9.92. The van der Waals surface area contributed by atoms with Crippen LogP contribution in [0.15, 0.2) is 24.3 Å². The van der Waals surface area contributed by atoms with E-state index in [1.54, 1.807) is 24.3 Å². The molecule has 2 atom stereocenters. The number of rotatable bonds is 8. The number of nitrogens with two attached hydrogens (primary N) is 1. The lowest BCUT2D eigenvalue weighted by Gasteiger charge is -2.16. The zero-order valence-electron chi connectivity index (χ0n) is 11.2. The zero-order valence-corrected chi connectivity index (χ0v) is 11.2. The summed E-state index contributed by atoms with van der Waals surface area (Å²) in [5.74, 6) is -1.58. The number of carbonyl (C=O) groups excluding carboxylic acids is 1. The fourth-order valence-electron chi connectivity index (χ4n) is 1.81. The van der Waals surface area contributed by atoms with Crippen LogP contribution < -0.4 is 10.5 Å². The molecule has 110 valence electrons. The fraction of sp³-hybridized carbons (Fsp3) is 0.429. The molecule has 0 aliphatic heterocycles. The molecule has 0 unspecified atom stereocenters. The van der Waals surface area contributed by atoms with Gasteiger partial charge < -0.3 is 15.6 Å². The SMILES string of the molecule is CC(=O)[C@@H](N)C[C@H](Cc1ccc(OCF)cc1)C(=O)O. The topological polar surface area (TPSA) is 89.6 Å². The lowest BCUT2D eigenvalue weighted by Crippen LogP contribution is -2.33. The van der Waals surface area contributed by atoms with Crippen LogP contribution in [0.5, 0.6) is 5.75 Å². The van der Waals surface area contributed by atoms with Crippen molar-refractivity contribution < 1.29 is 23.8 Å². The van der Waals surface area contributed by atoms with Crippen molar-refractivity contribution in [2.45, 2.75) is 25.8 Å². The molecule has 0 bridgehead atoms. The van der Waals surface area contributed by atoms with Gasteiger partial charge in [0.05, 0.1) is 12.0 Å². The Labute approximate surface area is 116 Å². The normalized spacial score (nSPS) is 13.6. The van der Waals surface area contributed by atoms with Gasteiger partial charge in [0.15, 0.2) is 0 Å². The third-order valence-electron chi connectivity index (χ3n) is 3.04. The number of hydrogen-bond acceptors (Lipinski definition) is 4. The molecule has 0 heterocycles. The molecule has 5 nitrogen and oxygen atoms in total. The molecule has 0 amide bonds. The summed E-state index contributed by atoms with van der Waals surface area (Å²) in [5, 5.41) is 9.16. The Morgan fingerprint density at radius 2 is 1.95 bits per heavy atom. The number of carboxylic acids is 1. The molecule has 0 fully saturated rings.